The van der Waals surface area contributed by atoms with Crippen LogP contribution in [-0.4, -0.2) is 9.97 Å². The molecular formula is C21H21N5. The number of nitrogens with two attached hydrogens (primary N) is 2. The third kappa shape index (κ3) is 3.35. The van der Waals surface area contributed by atoms with Crippen LogP contribution in [0.3, 0.4) is 0 Å². The molecule has 3 rings (SSSR count). The third-order valence-corrected chi connectivity index (χ3v) is 4.31. The van der Waals surface area contributed by atoms with E-state index < -0.39 is 0 Å². The Morgan fingerprint density at radius 2 is 1.31 bits per heavy atom. The molecule has 130 valence electrons. The average molecular weight is 343 g/mol. The van der Waals surface area contributed by atoms with Crippen molar-refractivity contribution >= 4 is 11.8 Å². The zero-order valence-corrected chi connectivity index (χ0v) is 15.1. The minimum atomic E-state index is 0.0540. The number of benzene rings is 2. The molecule has 0 bridgehead atoms. The number of nitrogen functional groups attached to an aromatic ring is 2. The quantitative estimate of drug-likeness (QED) is 0.728. The second kappa shape index (κ2) is 6.49. The van der Waals surface area contributed by atoms with Crippen molar-refractivity contribution in [2.75, 3.05) is 11.5 Å². The Bertz CT molecular complexity index is 975. The minimum Gasteiger partial charge on any atom is -0.382 e. The molecule has 0 amide bonds. The molecule has 5 heteroatoms. The summed E-state index contributed by atoms with van der Waals surface area (Å²) >= 11 is 0. The lowest BCUT2D eigenvalue weighted by atomic mass is 9.86. The molecular weight excluding hydrogens is 322 g/mol. The van der Waals surface area contributed by atoms with E-state index in [4.69, 9.17) is 11.5 Å². The molecule has 0 unspecified atom stereocenters. The summed E-state index contributed by atoms with van der Waals surface area (Å²) < 4.78 is 0. The van der Waals surface area contributed by atoms with E-state index >= 15 is 0 Å². The van der Waals surface area contributed by atoms with Gasteiger partial charge in [-0.3, -0.25) is 0 Å². The summed E-state index contributed by atoms with van der Waals surface area (Å²) in [5.74, 6) is 0.148. The Labute approximate surface area is 153 Å². The Morgan fingerprint density at radius 3 is 1.81 bits per heavy atom. The van der Waals surface area contributed by atoms with Gasteiger partial charge in [0.25, 0.3) is 0 Å². The van der Waals surface area contributed by atoms with E-state index in [1.807, 2.05) is 24.3 Å². The van der Waals surface area contributed by atoms with Gasteiger partial charge in [-0.15, -0.1) is 0 Å². The van der Waals surface area contributed by atoms with Crippen LogP contribution in [0.4, 0.5) is 11.8 Å². The summed E-state index contributed by atoms with van der Waals surface area (Å²) in [6.07, 6.45) is 0. The maximum Gasteiger partial charge on any atom is 0.222 e. The van der Waals surface area contributed by atoms with Crippen molar-refractivity contribution in [3.8, 4) is 28.5 Å². The molecule has 4 N–H and O–H groups in total. The number of rotatable bonds is 2. The maximum absolute atomic E-state index is 9.32. The molecule has 0 saturated heterocycles. The Hall–Kier alpha value is -3.39. The predicted octanol–water partition coefficient (Wildman–Crippen LogP) is 4.14. The van der Waals surface area contributed by atoms with Gasteiger partial charge in [0.1, 0.15) is 17.5 Å². The van der Waals surface area contributed by atoms with Crippen molar-refractivity contribution in [3.63, 3.8) is 0 Å². The van der Waals surface area contributed by atoms with Crippen LogP contribution in [0.25, 0.3) is 22.4 Å². The van der Waals surface area contributed by atoms with Gasteiger partial charge in [-0.05, 0) is 22.1 Å². The average Bonchev–Trinajstić information content (AvgIpc) is 2.61. The molecule has 2 aromatic carbocycles. The van der Waals surface area contributed by atoms with Gasteiger partial charge >= 0.3 is 0 Å². The minimum absolute atomic E-state index is 0.0540. The largest absolute Gasteiger partial charge is 0.382 e. The van der Waals surface area contributed by atoms with Crippen molar-refractivity contribution in [2.45, 2.75) is 26.2 Å². The highest BCUT2D eigenvalue weighted by molar-refractivity contribution is 5.75. The van der Waals surface area contributed by atoms with Crippen LogP contribution in [0, 0.1) is 11.3 Å². The lowest BCUT2D eigenvalue weighted by molar-refractivity contribution is 0.590. The summed E-state index contributed by atoms with van der Waals surface area (Å²) in [6, 6.07) is 18.4. The molecule has 0 fully saturated rings. The standard InChI is InChI=1S/C21H21N5/c1-21(2,3)16-10-8-14(9-11-16)13-4-6-15(7-5-13)18-17(12-22)19(23)26-20(24)25-18/h4-11H,1-3H3,(H4,23,24,25,26). The predicted molar refractivity (Wildman–Crippen MR) is 105 cm³/mol. The lowest BCUT2D eigenvalue weighted by Gasteiger charge is -2.19. The van der Waals surface area contributed by atoms with E-state index in [9.17, 15) is 5.26 Å². The zero-order valence-electron chi connectivity index (χ0n) is 15.1. The van der Waals surface area contributed by atoms with Gasteiger partial charge in [-0.25, -0.2) is 4.98 Å². The first kappa shape index (κ1) is 17.4. The van der Waals surface area contributed by atoms with Crippen molar-refractivity contribution in [1.29, 1.82) is 5.26 Å². The molecule has 3 aromatic rings. The Morgan fingerprint density at radius 1 is 0.808 bits per heavy atom. The fourth-order valence-electron chi connectivity index (χ4n) is 2.80. The molecule has 0 radical (unpaired) electrons. The first-order valence-electron chi connectivity index (χ1n) is 8.34. The molecule has 1 heterocycles. The molecule has 0 spiro atoms. The van der Waals surface area contributed by atoms with Gasteiger partial charge in [0.05, 0.1) is 5.69 Å². The smallest absolute Gasteiger partial charge is 0.222 e. The molecule has 0 aliphatic carbocycles. The lowest BCUT2D eigenvalue weighted by Crippen LogP contribution is -2.10. The fraction of sp³-hybridized carbons (Fsp3) is 0.190. The molecule has 1 aromatic heterocycles. The number of nitrogens with zero attached hydrogens (tertiary/aromatic N) is 3. The first-order valence-corrected chi connectivity index (χ1v) is 8.34. The Kier molecular flexibility index (Phi) is 4.35. The van der Waals surface area contributed by atoms with Crippen molar-refractivity contribution < 1.29 is 0 Å². The summed E-state index contributed by atoms with van der Waals surface area (Å²) in [5.41, 5.74) is 16.6. The monoisotopic (exact) mass is 343 g/mol. The molecule has 26 heavy (non-hydrogen) atoms. The number of anilines is 2. The van der Waals surface area contributed by atoms with Gasteiger partial charge in [-0.1, -0.05) is 69.3 Å². The number of nitriles is 1. The molecule has 0 aliphatic rings. The second-order valence-electron chi connectivity index (χ2n) is 7.21. The van der Waals surface area contributed by atoms with Crippen molar-refractivity contribution in [2.24, 2.45) is 0 Å². The van der Waals surface area contributed by atoms with Gasteiger partial charge < -0.3 is 11.5 Å². The van der Waals surface area contributed by atoms with Crippen molar-refractivity contribution in [3.05, 3.63) is 59.7 Å². The molecule has 0 aliphatic heterocycles. The van der Waals surface area contributed by atoms with Gasteiger partial charge in [0.15, 0.2) is 0 Å². The second-order valence-corrected chi connectivity index (χ2v) is 7.21. The van der Waals surface area contributed by atoms with Crippen LogP contribution < -0.4 is 11.5 Å². The van der Waals surface area contributed by atoms with E-state index in [2.05, 4.69) is 61.1 Å². The molecule has 0 saturated carbocycles. The van der Waals surface area contributed by atoms with Gasteiger partial charge in [-0.2, -0.15) is 10.2 Å². The molecule has 0 atom stereocenters. The topological polar surface area (TPSA) is 102 Å². The highest BCUT2D eigenvalue weighted by Crippen LogP contribution is 2.29. The summed E-state index contributed by atoms with van der Waals surface area (Å²) in [4.78, 5) is 8.03. The van der Waals surface area contributed by atoms with E-state index in [1.165, 1.54) is 5.56 Å². The molecule has 5 nitrogen and oxygen atoms in total. The third-order valence-electron chi connectivity index (χ3n) is 4.31. The van der Waals surface area contributed by atoms with Crippen LogP contribution >= 0.6 is 0 Å². The number of aromatic nitrogens is 2. The van der Waals surface area contributed by atoms with E-state index in [0.29, 0.717) is 5.69 Å². The van der Waals surface area contributed by atoms with Gasteiger partial charge in [0, 0.05) is 5.56 Å². The number of hydrogen-bond acceptors (Lipinski definition) is 5. The summed E-state index contributed by atoms with van der Waals surface area (Å²) in [6.45, 7) is 6.59. The zero-order chi connectivity index (χ0) is 18.9. The highest BCUT2D eigenvalue weighted by atomic mass is 15.0. The normalized spacial score (nSPS) is 11.2. The first-order chi connectivity index (χ1) is 12.3. The Balaban J connectivity index is 1.96. The van der Waals surface area contributed by atoms with Crippen LogP contribution in [0.1, 0.15) is 31.9 Å². The van der Waals surface area contributed by atoms with Crippen LogP contribution in [0.5, 0.6) is 0 Å². The summed E-state index contributed by atoms with van der Waals surface area (Å²) in [7, 11) is 0. The van der Waals surface area contributed by atoms with E-state index in [0.717, 1.165) is 16.7 Å². The fourth-order valence-corrected chi connectivity index (χ4v) is 2.80. The maximum atomic E-state index is 9.32. The van der Waals surface area contributed by atoms with Crippen LogP contribution in [-0.2, 0) is 5.41 Å². The van der Waals surface area contributed by atoms with Gasteiger partial charge in [0.2, 0.25) is 5.95 Å². The summed E-state index contributed by atoms with van der Waals surface area (Å²) in [5, 5.41) is 9.32. The van der Waals surface area contributed by atoms with E-state index in [-0.39, 0.29) is 22.7 Å². The number of hydrogen-bond donors (Lipinski definition) is 2. The van der Waals surface area contributed by atoms with Crippen LogP contribution in [0.15, 0.2) is 48.5 Å². The van der Waals surface area contributed by atoms with Crippen LogP contribution in [0.2, 0.25) is 0 Å². The van der Waals surface area contributed by atoms with E-state index in [1.54, 1.807) is 0 Å². The highest BCUT2D eigenvalue weighted by Gasteiger charge is 2.14. The SMILES string of the molecule is CC(C)(C)c1ccc(-c2ccc(-c3nc(N)nc(N)c3C#N)cc2)cc1. The van der Waals surface area contributed by atoms with Crippen molar-refractivity contribution in [1.82, 2.24) is 9.97 Å².